The molecule has 1 aromatic rings. The predicted octanol–water partition coefficient (Wildman–Crippen LogP) is 2.84. The lowest BCUT2D eigenvalue weighted by molar-refractivity contribution is -0.0220. The highest BCUT2D eigenvalue weighted by molar-refractivity contribution is 7.09. The largest absolute Gasteiger partial charge is 0.385 e. The fraction of sp³-hybridized carbons (Fsp3) is 0.769. The molecule has 0 aromatic carbocycles. The second kappa shape index (κ2) is 7.19. The molecule has 0 radical (unpaired) electrons. The summed E-state index contributed by atoms with van der Waals surface area (Å²) < 4.78 is 10.7. The van der Waals surface area contributed by atoms with Crippen LogP contribution in [0.25, 0.3) is 0 Å². The van der Waals surface area contributed by atoms with Crippen molar-refractivity contribution in [2.45, 2.75) is 44.8 Å². The van der Waals surface area contributed by atoms with Crippen molar-refractivity contribution in [3.63, 3.8) is 0 Å². The normalized spacial score (nSPS) is 13.8. The van der Waals surface area contributed by atoms with Gasteiger partial charge in [0.1, 0.15) is 10.6 Å². The van der Waals surface area contributed by atoms with Crippen molar-refractivity contribution in [1.29, 1.82) is 0 Å². The van der Waals surface area contributed by atoms with E-state index in [9.17, 15) is 0 Å². The van der Waals surface area contributed by atoms with Gasteiger partial charge >= 0.3 is 0 Å². The number of methoxy groups -OCH3 is 2. The third kappa shape index (κ3) is 3.29. The molecular weight excluding hydrogens is 248 g/mol. The number of nitrogens with zero attached hydrogens (tertiary/aromatic N) is 1. The molecule has 1 heterocycles. The first-order valence-corrected chi connectivity index (χ1v) is 7.27. The number of hydrogen-bond donors (Lipinski definition) is 1. The van der Waals surface area contributed by atoms with Crippen molar-refractivity contribution >= 4 is 11.3 Å². The van der Waals surface area contributed by atoms with E-state index in [4.69, 9.17) is 15.2 Å². The smallest absolute Gasteiger partial charge is 0.125 e. The monoisotopic (exact) mass is 272 g/mol. The summed E-state index contributed by atoms with van der Waals surface area (Å²) in [5, 5.41) is 3.06. The fourth-order valence-electron chi connectivity index (χ4n) is 1.99. The minimum atomic E-state index is -0.260. The zero-order valence-corrected chi connectivity index (χ0v) is 12.5. The van der Waals surface area contributed by atoms with Crippen molar-refractivity contribution in [3.05, 3.63) is 16.1 Å². The molecule has 1 rings (SSSR count). The van der Waals surface area contributed by atoms with Gasteiger partial charge in [0, 0.05) is 26.2 Å². The standard InChI is InChI=1S/C13H24N2O2S/c1-5-13(6-2,17-4)12-15-11(9-18-12)10(14)7-8-16-3/h9-10H,5-8,14H2,1-4H3. The maximum Gasteiger partial charge on any atom is 0.125 e. The van der Waals surface area contributed by atoms with E-state index >= 15 is 0 Å². The van der Waals surface area contributed by atoms with Crippen molar-refractivity contribution in [2.24, 2.45) is 5.73 Å². The lowest BCUT2D eigenvalue weighted by Gasteiger charge is -2.27. The molecular formula is C13H24N2O2S. The van der Waals surface area contributed by atoms with Crippen molar-refractivity contribution in [2.75, 3.05) is 20.8 Å². The Balaban J connectivity index is 2.84. The van der Waals surface area contributed by atoms with Crippen LogP contribution in [0.5, 0.6) is 0 Å². The predicted molar refractivity (Wildman–Crippen MR) is 74.8 cm³/mol. The van der Waals surface area contributed by atoms with Crippen LogP contribution < -0.4 is 5.73 Å². The Morgan fingerprint density at radius 1 is 1.39 bits per heavy atom. The van der Waals surface area contributed by atoms with E-state index in [1.807, 2.05) is 5.38 Å². The first-order chi connectivity index (χ1) is 8.63. The maximum atomic E-state index is 6.09. The number of rotatable bonds is 8. The van der Waals surface area contributed by atoms with Crippen LogP contribution in [0.3, 0.4) is 0 Å². The summed E-state index contributed by atoms with van der Waals surface area (Å²) in [7, 11) is 3.43. The van der Waals surface area contributed by atoms with Crippen LogP contribution in [-0.2, 0) is 15.1 Å². The van der Waals surface area contributed by atoms with Gasteiger partial charge in [-0.05, 0) is 19.3 Å². The highest BCUT2D eigenvalue weighted by Crippen LogP contribution is 2.35. The molecule has 104 valence electrons. The zero-order valence-electron chi connectivity index (χ0n) is 11.7. The van der Waals surface area contributed by atoms with Crippen LogP contribution in [-0.4, -0.2) is 25.8 Å². The SMILES string of the molecule is CCC(CC)(OC)c1nc(C(N)CCOC)cs1. The average molecular weight is 272 g/mol. The van der Waals surface area contributed by atoms with Gasteiger partial charge in [0.2, 0.25) is 0 Å². The van der Waals surface area contributed by atoms with Crippen LogP contribution in [0.1, 0.15) is 49.9 Å². The number of hydrogen-bond acceptors (Lipinski definition) is 5. The lowest BCUT2D eigenvalue weighted by atomic mass is 9.98. The summed E-state index contributed by atoms with van der Waals surface area (Å²) >= 11 is 1.64. The molecule has 0 bridgehead atoms. The maximum absolute atomic E-state index is 6.09. The lowest BCUT2D eigenvalue weighted by Crippen LogP contribution is -2.26. The molecule has 0 aliphatic carbocycles. The second-order valence-corrected chi connectivity index (χ2v) is 5.23. The Kier molecular flexibility index (Phi) is 6.21. The molecule has 2 N–H and O–H groups in total. The summed E-state index contributed by atoms with van der Waals surface area (Å²) in [6, 6.07) is -0.0572. The molecule has 5 heteroatoms. The molecule has 4 nitrogen and oxygen atoms in total. The van der Waals surface area contributed by atoms with Crippen LogP contribution in [0.2, 0.25) is 0 Å². The minimum Gasteiger partial charge on any atom is -0.385 e. The van der Waals surface area contributed by atoms with Crippen molar-refractivity contribution in [3.8, 4) is 0 Å². The first-order valence-electron chi connectivity index (χ1n) is 6.39. The third-order valence-corrected chi connectivity index (χ3v) is 4.50. The van der Waals surface area contributed by atoms with Gasteiger partial charge in [0.15, 0.2) is 0 Å². The van der Waals surface area contributed by atoms with E-state index in [2.05, 4.69) is 18.8 Å². The Morgan fingerprint density at radius 3 is 2.56 bits per heavy atom. The molecule has 1 unspecified atom stereocenters. The molecule has 0 fully saturated rings. The van der Waals surface area contributed by atoms with Gasteiger partial charge in [-0.25, -0.2) is 4.98 Å². The topological polar surface area (TPSA) is 57.4 Å². The molecule has 1 aromatic heterocycles. The summed E-state index contributed by atoms with van der Waals surface area (Å²) in [6.45, 7) is 4.91. The van der Waals surface area contributed by atoms with Gasteiger partial charge in [0.25, 0.3) is 0 Å². The van der Waals surface area contributed by atoms with Crippen molar-refractivity contribution < 1.29 is 9.47 Å². The van der Waals surface area contributed by atoms with Crippen LogP contribution in [0.15, 0.2) is 5.38 Å². The van der Waals surface area contributed by atoms with E-state index in [1.165, 1.54) is 0 Å². The van der Waals surface area contributed by atoms with Gasteiger partial charge in [-0.2, -0.15) is 0 Å². The Bertz CT molecular complexity index is 342. The highest BCUT2D eigenvalue weighted by atomic mass is 32.1. The third-order valence-electron chi connectivity index (χ3n) is 3.46. The summed E-state index contributed by atoms with van der Waals surface area (Å²) in [6.07, 6.45) is 2.62. The molecule has 0 amide bonds. The molecule has 1 atom stereocenters. The van der Waals surface area contributed by atoms with Crippen LogP contribution >= 0.6 is 11.3 Å². The van der Waals surface area contributed by atoms with E-state index < -0.39 is 0 Å². The van der Waals surface area contributed by atoms with Gasteiger partial charge in [-0.15, -0.1) is 11.3 Å². The van der Waals surface area contributed by atoms with Gasteiger partial charge in [-0.3, -0.25) is 0 Å². The van der Waals surface area contributed by atoms with Gasteiger partial charge < -0.3 is 15.2 Å². The molecule has 18 heavy (non-hydrogen) atoms. The van der Waals surface area contributed by atoms with E-state index in [1.54, 1.807) is 25.6 Å². The Labute approximate surface area is 114 Å². The Morgan fingerprint density at radius 2 is 2.06 bits per heavy atom. The quantitative estimate of drug-likeness (QED) is 0.790. The summed E-state index contributed by atoms with van der Waals surface area (Å²) in [4.78, 5) is 4.66. The van der Waals surface area contributed by atoms with E-state index in [0.29, 0.717) is 6.61 Å². The van der Waals surface area contributed by atoms with E-state index in [-0.39, 0.29) is 11.6 Å². The number of nitrogens with two attached hydrogens (primary N) is 1. The minimum absolute atomic E-state index is 0.0572. The molecule has 0 aliphatic rings. The van der Waals surface area contributed by atoms with E-state index in [0.717, 1.165) is 30.0 Å². The average Bonchev–Trinajstić information content (AvgIpc) is 2.89. The summed E-state index contributed by atoms with van der Waals surface area (Å²) in [5.41, 5.74) is 6.77. The number of ether oxygens (including phenoxy) is 2. The Hall–Kier alpha value is -0.490. The van der Waals surface area contributed by atoms with Gasteiger partial charge in [0.05, 0.1) is 11.7 Å². The molecule has 0 spiro atoms. The van der Waals surface area contributed by atoms with Crippen molar-refractivity contribution in [1.82, 2.24) is 4.98 Å². The summed E-state index contributed by atoms with van der Waals surface area (Å²) in [5.74, 6) is 0. The fourth-order valence-corrected chi connectivity index (χ4v) is 3.19. The molecule has 0 saturated heterocycles. The number of thiazole rings is 1. The zero-order chi connectivity index (χ0) is 13.6. The first kappa shape index (κ1) is 15.6. The highest BCUT2D eigenvalue weighted by Gasteiger charge is 2.31. The molecule has 0 saturated carbocycles. The van der Waals surface area contributed by atoms with Gasteiger partial charge in [-0.1, -0.05) is 13.8 Å². The van der Waals surface area contributed by atoms with Crippen LogP contribution in [0.4, 0.5) is 0 Å². The van der Waals surface area contributed by atoms with Crippen LogP contribution in [0, 0.1) is 0 Å². The second-order valence-electron chi connectivity index (χ2n) is 4.37. The number of aromatic nitrogens is 1. The molecule has 0 aliphatic heterocycles.